The summed E-state index contributed by atoms with van der Waals surface area (Å²) in [4.78, 5) is 24.1. The minimum Gasteiger partial charge on any atom is -0.386 e. The first-order chi connectivity index (χ1) is 17.7. The van der Waals surface area contributed by atoms with Gasteiger partial charge in [-0.2, -0.15) is 13.2 Å². The van der Waals surface area contributed by atoms with Gasteiger partial charge in [0.2, 0.25) is 0 Å². The molecule has 1 amide bonds. The molecule has 2 N–H and O–H groups in total. The first kappa shape index (κ1) is 27.1. The molecule has 4 aromatic rings. The number of sulfone groups is 1. The lowest BCUT2D eigenvalue weighted by atomic mass is 9.97. The lowest BCUT2D eigenvalue weighted by molar-refractivity contribution is -0.141. The highest BCUT2D eigenvalue weighted by Gasteiger charge is 2.33. The molecule has 0 bridgehead atoms. The van der Waals surface area contributed by atoms with Gasteiger partial charge in [-0.05, 0) is 38.1 Å². The van der Waals surface area contributed by atoms with E-state index in [1.165, 1.54) is 55.2 Å². The van der Waals surface area contributed by atoms with Gasteiger partial charge in [0.1, 0.15) is 11.4 Å². The van der Waals surface area contributed by atoms with Crippen molar-refractivity contribution in [3.05, 3.63) is 83.6 Å². The van der Waals surface area contributed by atoms with Crippen molar-refractivity contribution in [1.82, 2.24) is 19.4 Å². The Morgan fingerprint density at radius 1 is 1.08 bits per heavy atom. The van der Waals surface area contributed by atoms with E-state index >= 15 is 4.39 Å². The largest absolute Gasteiger partial charge is 0.433 e. The average molecular weight is 552 g/mol. The van der Waals surface area contributed by atoms with Crippen LogP contribution < -0.4 is 5.32 Å². The predicted molar refractivity (Wildman–Crippen MR) is 128 cm³/mol. The van der Waals surface area contributed by atoms with Crippen molar-refractivity contribution in [2.24, 2.45) is 0 Å². The van der Waals surface area contributed by atoms with Gasteiger partial charge < -0.3 is 14.8 Å². The van der Waals surface area contributed by atoms with Crippen LogP contribution in [-0.2, 0) is 28.0 Å². The van der Waals surface area contributed by atoms with Gasteiger partial charge in [-0.25, -0.2) is 22.8 Å². The number of alkyl halides is 3. The molecule has 4 rings (SSSR count). The molecule has 4 heterocycles. The van der Waals surface area contributed by atoms with Crippen molar-refractivity contribution in [2.45, 2.75) is 36.9 Å². The normalized spacial score (nSPS) is 12.6. The van der Waals surface area contributed by atoms with Gasteiger partial charge in [-0.3, -0.25) is 9.78 Å². The Labute approximate surface area is 214 Å². The van der Waals surface area contributed by atoms with Crippen molar-refractivity contribution < 1.29 is 35.9 Å². The van der Waals surface area contributed by atoms with E-state index in [-0.39, 0.29) is 39.7 Å². The van der Waals surface area contributed by atoms with Gasteiger partial charge in [-0.1, -0.05) is 6.07 Å². The smallest absolute Gasteiger partial charge is 0.386 e. The molecule has 0 spiro atoms. The molecule has 14 heteroatoms. The predicted octanol–water partition coefficient (Wildman–Crippen LogP) is 3.78. The summed E-state index contributed by atoms with van der Waals surface area (Å²) in [5.74, 6) is -2.40. The lowest BCUT2D eigenvalue weighted by Crippen LogP contribution is -2.24. The number of carbonyl (C=O) groups excluding carboxylic acids is 1. The highest BCUT2D eigenvalue weighted by atomic mass is 32.2. The summed E-state index contributed by atoms with van der Waals surface area (Å²) in [6.07, 6.45) is 0.418. The average Bonchev–Trinajstić information content (AvgIpc) is 3.26. The molecule has 200 valence electrons. The molecule has 4 aromatic heterocycles. The number of aliphatic hydroxyl groups is 1. The van der Waals surface area contributed by atoms with E-state index in [1.54, 1.807) is 0 Å². The SMILES string of the molecule is CC(C)(O)c1c(NC(=O)c2cccc(C(F)(F)F)n2)cn2cc(CCS(=O)(=O)c3ccncc3)nc2c1F. The number of halogens is 4. The molecule has 0 aliphatic carbocycles. The molecule has 0 radical (unpaired) electrons. The number of amides is 1. The quantitative estimate of drug-likeness (QED) is 0.335. The van der Waals surface area contributed by atoms with Crippen LogP contribution in [0, 0.1) is 5.82 Å². The number of hydrogen-bond donors (Lipinski definition) is 2. The van der Waals surface area contributed by atoms with Crippen LogP contribution in [0.3, 0.4) is 0 Å². The number of anilines is 1. The van der Waals surface area contributed by atoms with Gasteiger partial charge in [0.05, 0.1) is 27.6 Å². The van der Waals surface area contributed by atoms with Crippen molar-refractivity contribution in [1.29, 1.82) is 0 Å². The third-order valence-corrected chi connectivity index (χ3v) is 7.24. The van der Waals surface area contributed by atoms with Gasteiger partial charge >= 0.3 is 6.18 Å². The van der Waals surface area contributed by atoms with Crippen LogP contribution in [-0.4, -0.2) is 44.5 Å². The molecule has 0 atom stereocenters. The third-order valence-electron chi connectivity index (χ3n) is 5.50. The van der Waals surface area contributed by atoms with Gasteiger partial charge in [0.25, 0.3) is 5.91 Å². The zero-order valence-electron chi connectivity index (χ0n) is 20.0. The van der Waals surface area contributed by atoms with E-state index in [2.05, 4.69) is 20.3 Å². The van der Waals surface area contributed by atoms with Crippen molar-refractivity contribution in [2.75, 3.05) is 11.1 Å². The van der Waals surface area contributed by atoms with Crippen molar-refractivity contribution in [3.63, 3.8) is 0 Å². The molecule has 38 heavy (non-hydrogen) atoms. The topological polar surface area (TPSA) is 127 Å². The van der Waals surface area contributed by atoms with Crippen LogP contribution in [0.5, 0.6) is 0 Å². The maximum atomic E-state index is 15.6. The Hall–Kier alpha value is -3.91. The molecule has 0 aromatic carbocycles. The summed E-state index contributed by atoms with van der Waals surface area (Å²) < 4.78 is 80.9. The summed E-state index contributed by atoms with van der Waals surface area (Å²) >= 11 is 0. The molecule has 0 saturated carbocycles. The third kappa shape index (κ3) is 5.65. The molecular formula is C24H21F4N5O4S. The van der Waals surface area contributed by atoms with Crippen LogP contribution in [0.1, 0.15) is 41.3 Å². The van der Waals surface area contributed by atoms with E-state index in [0.717, 1.165) is 12.1 Å². The van der Waals surface area contributed by atoms with Crippen LogP contribution in [0.4, 0.5) is 23.2 Å². The zero-order valence-corrected chi connectivity index (χ0v) is 20.8. The van der Waals surface area contributed by atoms with E-state index < -0.39 is 44.7 Å². The Balaban J connectivity index is 1.68. The molecular weight excluding hydrogens is 530 g/mol. The maximum absolute atomic E-state index is 15.6. The first-order valence-electron chi connectivity index (χ1n) is 11.1. The summed E-state index contributed by atoms with van der Waals surface area (Å²) in [5, 5.41) is 12.9. The van der Waals surface area contributed by atoms with E-state index in [4.69, 9.17) is 0 Å². The molecule has 0 fully saturated rings. The first-order valence-corrected chi connectivity index (χ1v) is 12.7. The number of nitrogens with one attached hydrogen (secondary N) is 1. The fourth-order valence-electron chi connectivity index (χ4n) is 3.76. The Bertz CT molecular complexity index is 1610. The second kappa shape index (κ2) is 9.76. The molecule has 0 saturated heterocycles. The number of pyridine rings is 3. The Morgan fingerprint density at radius 2 is 1.76 bits per heavy atom. The Kier molecular flexibility index (Phi) is 6.97. The van der Waals surface area contributed by atoms with Crippen LogP contribution in [0.15, 0.2) is 60.0 Å². The fourth-order valence-corrected chi connectivity index (χ4v) is 5.01. The van der Waals surface area contributed by atoms with E-state index in [0.29, 0.717) is 6.07 Å². The minimum absolute atomic E-state index is 0.0694. The zero-order chi connectivity index (χ0) is 27.9. The van der Waals surface area contributed by atoms with Crippen LogP contribution >= 0.6 is 0 Å². The summed E-state index contributed by atoms with van der Waals surface area (Å²) in [6, 6.07) is 5.47. The molecule has 0 unspecified atom stereocenters. The molecule has 0 aliphatic heterocycles. The van der Waals surface area contributed by atoms with Crippen molar-refractivity contribution >= 4 is 27.1 Å². The summed E-state index contributed by atoms with van der Waals surface area (Å²) in [7, 11) is -3.67. The number of nitrogens with zero attached hydrogens (tertiary/aromatic N) is 4. The van der Waals surface area contributed by atoms with Gasteiger partial charge in [0.15, 0.2) is 21.3 Å². The van der Waals surface area contributed by atoms with Crippen LogP contribution in [0.2, 0.25) is 0 Å². The van der Waals surface area contributed by atoms with Gasteiger partial charge in [0, 0.05) is 36.8 Å². The van der Waals surface area contributed by atoms with E-state index in [9.17, 15) is 31.5 Å². The fraction of sp³-hybridized carbons (Fsp3) is 0.250. The molecule has 9 nitrogen and oxygen atoms in total. The number of rotatable bonds is 7. The van der Waals surface area contributed by atoms with Crippen LogP contribution in [0.25, 0.3) is 5.65 Å². The number of hydrogen-bond acceptors (Lipinski definition) is 7. The minimum atomic E-state index is -4.78. The lowest BCUT2D eigenvalue weighted by Gasteiger charge is -2.23. The van der Waals surface area contributed by atoms with Crippen molar-refractivity contribution in [3.8, 4) is 0 Å². The Morgan fingerprint density at radius 3 is 2.39 bits per heavy atom. The maximum Gasteiger partial charge on any atom is 0.433 e. The summed E-state index contributed by atoms with van der Waals surface area (Å²) in [5.41, 5.74) is -4.33. The molecule has 0 aliphatic rings. The second-order valence-corrected chi connectivity index (χ2v) is 11.0. The monoisotopic (exact) mass is 551 g/mol. The number of fused-ring (bicyclic) bond motifs is 1. The number of imidazole rings is 1. The standard InChI is InChI=1S/C24H21F4N5O4S/c1-23(2,35)19-17(32-22(34)16-4-3-5-18(31-16)24(26,27)28)13-33-12-14(30-21(33)20(19)25)8-11-38(36,37)15-6-9-29-10-7-15/h3-7,9-10,12-13,35H,8,11H2,1-2H3,(H,32,34). The number of aromatic nitrogens is 4. The number of aryl methyl sites for hydroxylation is 1. The van der Waals surface area contributed by atoms with Gasteiger partial charge in [-0.15, -0.1) is 0 Å². The number of carbonyl (C=O) groups is 1. The highest BCUT2D eigenvalue weighted by molar-refractivity contribution is 7.91. The van der Waals surface area contributed by atoms with E-state index in [1.807, 2.05) is 0 Å². The highest BCUT2D eigenvalue weighted by Crippen LogP contribution is 2.33. The second-order valence-electron chi connectivity index (χ2n) is 8.87. The summed E-state index contributed by atoms with van der Waals surface area (Å²) in [6.45, 7) is 2.51.